The van der Waals surface area contributed by atoms with E-state index in [1.54, 1.807) is 29.2 Å². The third-order valence-electron chi connectivity index (χ3n) is 3.88. The van der Waals surface area contributed by atoms with Gasteiger partial charge in [-0.2, -0.15) is 10.2 Å². The first-order valence-corrected chi connectivity index (χ1v) is 9.56. The zero-order chi connectivity index (χ0) is 19.6. The first-order valence-electron chi connectivity index (χ1n) is 8.04. The summed E-state index contributed by atoms with van der Waals surface area (Å²) in [4.78, 5) is 12.6. The lowest BCUT2D eigenvalue weighted by atomic mass is 10.2. The van der Waals surface area contributed by atoms with E-state index >= 15 is 0 Å². The van der Waals surface area contributed by atoms with E-state index in [-0.39, 0.29) is 11.7 Å². The summed E-state index contributed by atoms with van der Waals surface area (Å²) in [6.45, 7) is 2.26. The molecule has 0 bridgehead atoms. The van der Waals surface area contributed by atoms with Crippen LogP contribution in [0.1, 0.15) is 24.9 Å². The van der Waals surface area contributed by atoms with Crippen LogP contribution in [0, 0.1) is 0 Å². The van der Waals surface area contributed by atoms with Crippen molar-refractivity contribution in [1.82, 2.24) is 19.6 Å². The van der Waals surface area contributed by atoms with Crippen LogP contribution in [-0.4, -0.2) is 25.5 Å². The van der Waals surface area contributed by atoms with Crippen LogP contribution in [-0.2, 0) is 11.3 Å². The molecule has 142 valence electrons. The van der Waals surface area contributed by atoms with Gasteiger partial charge in [-0.15, -0.1) is 0 Å². The van der Waals surface area contributed by atoms with Crippen molar-refractivity contribution in [1.29, 1.82) is 0 Å². The minimum Gasteiger partial charge on any atom is -0.306 e. The highest BCUT2D eigenvalue weighted by Crippen LogP contribution is 2.25. The minimum absolute atomic E-state index is 0.267. The second-order valence-electron chi connectivity index (χ2n) is 5.81. The largest absolute Gasteiger partial charge is 0.306 e. The summed E-state index contributed by atoms with van der Waals surface area (Å²) in [5.74, 6) is -0.0163. The highest BCUT2D eigenvalue weighted by atomic mass is 35.5. The van der Waals surface area contributed by atoms with Crippen molar-refractivity contribution in [3.63, 3.8) is 0 Å². The molecular weight excluding hydrogens is 432 g/mol. The predicted octanol–water partition coefficient (Wildman–Crippen LogP) is 5.33. The minimum atomic E-state index is -0.524. The maximum Gasteiger partial charge on any atom is 0.250 e. The number of aromatic nitrogens is 4. The Labute approximate surface area is 176 Å². The fourth-order valence-corrected chi connectivity index (χ4v) is 3.37. The zero-order valence-corrected chi connectivity index (χ0v) is 17.2. The summed E-state index contributed by atoms with van der Waals surface area (Å²) in [6.07, 6.45) is 5.23. The number of rotatable bonds is 6. The average Bonchev–Trinajstić information content (AvgIpc) is 3.17. The molecule has 0 saturated carbocycles. The lowest BCUT2D eigenvalue weighted by molar-refractivity contribution is -0.119. The smallest absolute Gasteiger partial charge is 0.250 e. The molecule has 0 aliphatic rings. The highest BCUT2D eigenvalue weighted by Gasteiger charge is 2.21. The van der Waals surface area contributed by atoms with Crippen molar-refractivity contribution in [2.24, 2.45) is 0 Å². The Morgan fingerprint density at radius 2 is 1.93 bits per heavy atom. The molecule has 1 N–H and O–H groups in total. The molecule has 0 aliphatic carbocycles. The summed E-state index contributed by atoms with van der Waals surface area (Å²) in [7, 11) is 0. The Bertz CT molecular complexity index is 968. The summed E-state index contributed by atoms with van der Waals surface area (Å²) < 4.78 is 3.11. The molecule has 0 saturated heterocycles. The maximum atomic E-state index is 12.6. The summed E-state index contributed by atoms with van der Waals surface area (Å²) in [5, 5.41) is 13.0. The molecule has 2 heterocycles. The standard InChI is InChI=1S/C17H15Cl4N5O/c1-2-15(26-8-12(19)6-22-26)17(27)23-16-14(21)9-25(24-16)7-10-3-4-11(18)5-13(10)20/h3-6,8-9,15H,2,7H2,1H3,(H,23,24,27). The molecule has 3 rings (SSSR count). The second kappa shape index (κ2) is 8.52. The fourth-order valence-electron chi connectivity index (χ4n) is 2.57. The van der Waals surface area contributed by atoms with E-state index in [0.29, 0.717) is 33.1 Å². The lowest BCUT2D eigenvalue weighted by Crippen LogP contribution is -2.26. The Morgan fingerprint density at radius 3 is 2.56 bits per heavy atom. The first-order chi connectivity index (χ1) is 12.9. The van der Waals surface area contributed by atoms with Gasteiger partial charge in [-0.3, -0.25) is 14.2 Å². The second-order valence-corrected chi connectivity index (χ2v) is 7.50. The van der Waals surface area contributed by atoms with Crippen LogP contribution in [0.25, 0.3) is 0 Å². The Kier molecular flexibility index (Phi) is 6.32. The summed E-state index contributed by atoms with van der Waals surface area (Å²) >= 11 is 24.2. The maximum absolute atomic E-state index is 12.6. The molecule has 0 radical (unpaired) electrons. The van der Waals surface area contributed by atoms with Gasteiger partial charge in [0.25, 0.3) is 0 Å². The molecule has 10 heteroatoms. The number of nitrogens with one attached hydrogen (secondary N) is 1. The number of hydrogen-bond donors (Lipinski definition) is 1. The van der Waals surface area contributed by atoms with E-state index in [2.05, 4.69) is 15.5 Å². The zero-order valence-electron chi connectivity index (χ0n) is 14.2. The number of hydrogen-bond acceptors (Lipinski definition) is 3. The fraction of sp³-hybridized carbons (Fsp3) is 0.235. The van der Waals surface area contributed by atoms with Gasteiger partial charge in [0.1, 0.15) is 11.1 Å². The van der Waals surface area contributed by atoms with Crippen molar-refractivity contribution in [2.75, 3.05) is 5.32 Å². The van der Waals surface area contributed by atoms with Gasteiger partial charge in [0.05, 0.1) is 17.8 Å². The van der Waals surface area contributed by atoms with E-state index in [0.717, 1.165) is 5.56 Å². The SMILES string of the molecule is CCC(C(=O)Nc1nn(Cc2ccc(Cl)cc2Cl)cc1Cl)n1cc(Cl)cn1. The summed E-state index contributed by atoms with van der Waals surface area (Å²) in [6, 6.07) is 4.70. The van der Waals surface area contributed by atoms with Crippen LogP contribution in [0.3, 0.4) is 0 Å². The van der Waals surface area contributed by atoms with Gasteiger partial charge in [-0.25, -0.2) is 0 Å². The van der Waals surface area contributed by atoms with E-state index in [1.807, 2.05) is 13.0 Å². The molecule has 27 heavy (non-hydrogen) atoms. The van der Waals surface area contributed by atoms with Gasteiger partial charge in [-0.05, 0) is 24.1 Å². The van der Waals surface area contributed by atoms with Gasteiger partial charge >= 0.3 is 0 Å². The number of anilines is 1. The molecule has 1 amide bonds. The normalized spacial score (nSPS) is 12.2. The number of carbonyl (C=O) groups is 1. The predicted molar refractivity (Wildman–Crippen MR) is 108 cm³/mol. The number of carbonyl (C=O) groups excluding carboxylic acids is 1. The molecule has 2 aromatic heterocycles. The van der Waals surface area contributed by atoms with Crippen LogP contribution in [0.4, 0.5) is 5.82 Å². The molecule has 0 aliphatic heterocycles. The molecule has 1 aromatic carbocycles. The van der Waals surface area contributed by atoms with Crippen molar-refractivity contribution in [3.8, 4) is 0 Å². The van der Waals surface area contributed by atoms with E-state index in [1.165, 1.54) is 10.9 Å². The third-order valence-corrected chi connectivity index (χ3v) is 4.94. The van der Waals surface area contributed by atoms with Crippen LogP contribution in [0.2, 0.25) is 20.1 Å². The van der Waals surface area contributed by atoms with Crippen molar-refractivity contribution >= 4 is 58.1 Å². The van der Waals surface area contributed by atoms with Crippen molar-refractivity contribution in [2.45, 2.75) is 25.9 Å². The number of amides is 1. The monoisotopic (exact) mass is 445 g/mol. The molecule has 6 nitrogen and oxygen atoms in total. The van der Waals surface area contributed by atoms with Crippen molar-refractivity contribution in [3.05, 3.63) is 62.4 Å². The first kappa shape index (κ1) is 20.0. The van der Waals surface area contributed by atoms with Crippen LogP contribution in [0.5, 0.6) is 0 Å². The molecule has 3 aromatic rings. The highest BCUT2D eigenvalue weighted by molar-refractivity contribution is 6.35. The van der Waals surface area contributed by atoms with Gasteiger partial charge < -0.3 is 5.32 Å². The van der Waals surface area contributed by atoms with E-state index < -0.39 is 6.04 Å². The summed E-state index contributed by atoms with van der Waals surface area (Å²) in [5.41, 5.74) is 0.829. The Balaban J connectivity index is 1.75. The molecule has 0 spiro atoms. The van der Waals surface area contributed by atoms with Gasteiger partial charge in [0.15, 0.2) is 5.82 Å². The lowest BCUT2D eigenvalue weighted by Gasteiger charge is -2.14. The molecule has 1 atom stereocenters. The van der Waals surface area contributed by atoms with Crippen LogP contribution in [0.15, 0.2) is 36.8 Å². The number of halogens is 4. The quantitative estimate of drug-likeness (QED) is 0.556. The van der Waals surface area contributed by atoms with Crippen LogP contribution >= 0.6 is 46.4 Å². The Hall–Kier alpha value is -1.73. The van der Waals surface area contributed by atoms with Gasteiger partial charge in [-0.1, -0.05) is 59.4 Å². The number of benzene rings is 1. The average molecular weight is 447 g/mol. The van der Waals surface area contributed by atoms with Gasteiger partial charge in [0.2, 0.25) is 5.91 Å². The Morgan fingerprint density at radius 1 is 1.15 bits per heavy atom. The van der Waals surface area contributed by atoms with Crippen LogP contribution < -0.4 is 5.32 Å². The van der Waals surface area contributed by atoms with Crippen molar-refractivity contribution < 1.29 is 4.79 Å². The topological polar surface area (TPSA) is 64.7 Å². The third kappa shape index (κ3) is 4.76. The van der Waals surface area contributed by atoms with E-state index in [4.69, 9.17) is 46.4 Å². The molecule has 1 unspecified atom stereocenters. The number of nitrogens with zero attached hydrogens (tertiary/aromatic N) is 4. The molecular formula is C17H15Cl4N5O. The van der Waals surface area contributed by atoms with E-state index in [9.17, 15) is 4.79 Å². The van der Waals surface area contributed by atoms with Gasteiger partial charge in [0, 0.05) is 22.4 Å². The molecule has 0 fully saturated rings.